The van der Waals surface area contributed by atoms with Gasteiger partial charge in [0.15, 0.2) is 11.6 Å². The lowest BCUT2D eigenvalue weighted by Gasteiger charge is -2.20. The van der Waals surface area contributed by atoms with E-state index in [9.17, 15) is 8.78 Å². The van der Waals surface area contributed by atoms with Crippen molar-refractivity contribution in [1.82, 2.24) is 10.3 Å². The van der Waals surface area contributed by atoms with Gasteiger partial charge in [-0.2, -0.15) is 0 Å². The van der Waals surface area contributed by atoms with Gasteiger partial charge in [0.1, 0.15) is 5.82 Å². The van der Waals surface area contributed by atoms with E-state index in [-0.39, 0.29) is 11.6 Å². The topological polar surface area (TPSA) is 28.2 Å². The monoisotopic (exact) mass is 277 g/mol. The molecule has 0 aliphatic carbocycles. The highest BCUT2D eigenvalue weighted by Crippen LogP contribution is 2.20. The van der Waals surface area contributed by atoms with Crippen LogP contribution in [-0.4, -0.2) is 19.1 Å². The van der Waals surface area contributed by atoms with Crippen LogP contribution >= 0.6 is 0 Å². The van der Waals surface area contributed by atoms with Crippen LogP contribution in [0.1, 0.15) is 11.1 Å². The third kappa shape index (κ3) is 3.30. The molecule has 0 bridgehead atoms. The number of rotatable bonds is 5. The second-order valence-electron chi connectivity index (χ2n) is 4.62. The fourth-order valence-corrected chi connectivity index (χ4v) is 2.00. The van der Waals surface area contributed by atoms with Gasteiger partial charge in [0, 0.05) is 31.9 Å². The second kappa shape index (κ2) is 6.43. The largest absolute Gasteiger partial charge is 0.353 e. The average molecular weight is 277 g/mol. The Morgan fingerprint density at radius 1 is 1.15 bits per heavy atom. The molecule has 0 atom stereocenters. The summed E-state index contributed by atoms with van der Waals surface area (Å²) in [7, 11) is 3.53. The predicted molar refractivity (Wildman–Crippen MR) is 75.5 cm³/mol. The summed E-state index contributed by atoms with van der Waals surface area (Å²) in [6.07, 6.45) is 1.59. The van der Waals surface area contributed by atoms with E-state index in [4.69, 9.17) is 0 Å². The number of anilines is 1. The maximum Gasteiger partial charge on any atom is 0.170 e. The molecule has 0 unspecified atom stereocenters. The maximum absolute atomic E-state index is 14.3. The molecule has 0 spiro atoms. The molecule has 106 valence electrons. The van der Waals surface area contributed by atoms with Gasteiger partial charge in [0.25, 0.3) is 0 Å². The molecule has 1 aromatic carbocycles. The summed E-state index contributed by atoms with van der Waals surface area (Å²) in [6.45, 7) is 0.916. The van der Waals surface area contributed by atoms with Crippen molar-refractivity contribution in [1.29, 1.82) is 0 Å². The third-order valence-corrected chi connectivity index (χ3v) is 3.01. The Kier molecular flexibility index (Phi) is 4.63. The first-order valence-electron chi connectivity index (χ1n) is 6.35. The van der Waals surface area contributed by atoms with E-state index < -0.39 is 0 Å². The van der Waals surface area contributed by atoms with E-state index in [0.717, 1.165) is 5.56 Å². The maximum atomic E-state index is 14.3. The van der Waals surface area contributed by atoms with Gasteiger partial charge in [-0.1, -0.05) is 12.1 Å². The van der Waals surface area contributed by atoms with Crippen molar-refractivity contribution in [3.05, 3.63) is 59.3 Å². The van der Waals surface area contributed by atoms with Crippen LogP contribution in [0.2, 0.25) is 0 Å². The fraction of sp³-hybridized carbons (Fsp3) is 0.267. The van der Waals surface area contributed by atoms with E-state index in [1.807, 2.05) is 0 Å². The molecular weight excluding hydrogens is 260 g/mol. The van der Waals surface area contributed by atoms with E-state index in [2.05, 4.69) is 10.3 Å². The number of pyridine rings is 1. The first kappa shape index (κ1) is 14.4. The van der Waals surface area contributed by atoms with Gasteiger partial charge in [-0.05, 0) is 30.8 Å². The predicted octanol–water partition coefficient (Wildman–Crippen LogP) is 2.72. The standard InChI is InChI=1S/C15H17F2N3/c1-18-9-12-7-8-19-15(14(12)17)20(2)10-11-3-5-13(16)6-4-11/h3-8,18H,9-10H2,1-2H3. The number of nitrogens with zero attached hydrogens (tertiary/aromatic N) is 2. The summed E-state index contributed by atoms with van der Waals surface area (Å²) < 4.78 is 27.1. The molecule has 1 aromatic heterocycles. The summed E-state index contributed by atoms with van der Waals surface area (Å²) >= 11 is 0. The molecule has 0 radical (unpaired) electrons. The molecule has 3 nitrogen and oxygen atoms in total. The van der Waals surface area contributed by atoms with Crippen molar-refractivity contribution in [2.24, 2.45) is 0 Å². The van der Waals surface area contributed by atoms with E-state index in [0.29, 0.717) is 24.5 Å². The zero-order chi connectivity index (χ0) is 14.5. The Morgan fingerprint density at radius 2 is 1.85 bits per heavy atom. The van der Waals surface area contributed by atoms with E-state index >= 15 is 0 Å². The van der Waals surface area contributed by atoms with Gasteiger partial charge < -0.3 is 10.2 Å². The fourth-order valence-electron chi connectivity index (χ4n) is 2.00. The minimum atomic E-state index is -0.327. The number of benzene rings is 1. The second-order valence-corrected chi connectivity index (χ2v) is 4.62. The third-order valence-electron chi connectivity index (χ3n) is 3.01. The smallest absolute Gasteiger partial charge is 0.170 e. The Hall–Kier alpha value is -2.01. The van der Waals surface area contributed by atoms with Crippen LogP contribution in [0.15, 0.2) is 36.5 Å². The lowest BCUT2D eigenvalue weighted by atomic mass is 10.2. The molecule has 0 saturated carbocycles. The van der Waals surface area contributed by atoms with Crippen LogP contribution in [0.25, 0.3) is 0 Å². The van der Waals surface area contributed by atoms with Crippen LogP contribution < -0.4 is 10.2 Å². The van der Waals surface area contributed by atoms with Crippen molar-refractivity contribution >= 4 is 5.82 Å². The normalized spacial score (nSPS) is 10.6. The Labute approximate surface area is 117 Å². The number of hydrogen-bond donors (Lipinski definition) is 1. The van der Waals surface area contributed by atoms with Gasteiger partial charge >= 0.3 is 0 Å². The quantitative estimate of drug-likeness (QED) is 0.911. The minimum Gasteiger partial charge on any atom is -0.353 e. The molecule has 2 aromatic rings. The summed E-state index contributed by atoms with van der Waals surface area (Å²) in [5.74, 6) is -0.315. The zero-order valence-corrected chi connectivity index (χ0v) is 11.5. The Balaban J connectivity index is 2.18. The number of hydrogen-bond acceptors (Lipinski definition) is 3. The molecule has 5 heteroatoms. The van der Waals surface area contributed by atoms with Crippen molar-refractivity contribution < 1.29 is 8.78 Å². The summed E-state index contributed by atoms with van der Waals surface area (Å²) in [5.41, 5.74) is 1.47. The van der Waals surface area contributed by atoms with Crippen LogP contribution in [-0.2, 0) is 13.1 Å². The summed E-state index contributed by atoms with van der Waals surface area (Å²) in [5, 5.41) is 2.92. The molecule has 0 fully saturated rings. The molecule has 0 saturated heterocycles. The van der Waals surface area contributed by atoms with Crippen LogP contribution in [0.3, 0.4) is 0 Å². The van der Waals surface area contributed by atoms with E-state index in [1.54, 1.807) is 43.4 Å². The van der Waals surface area contributed by atoms with Gasteiger partial charge in [-0.25, -0.2) is 13.8 Å². The molecule has 2 rings (SSSR count). The lowest BCUT2D eigenvalue weighted by Crippen LogP contribution is -2.20. The van der Waals surface area contributed by atoms with Crippen LogP contribution in [0, 0.1) is 11.6 Å². The number of halogens is 2. The van der Waals surface area contributed by atoms with Gasteiger partial charge in [-0.3, -0.25) is 0 Å². The minimum absolute atomic E-state index is 0.281. The number of nitrogens with one attached hydrogen (secondary N) is 1. The van der Waals surface area contributed by atoms with Crippen molar-refractivity contribution in [3.63, 3.8) is 0 Å². The lowest BCUT2D eigenvalue weighted by molar-refractivity contribution is 0.589. The Bertz CT molecular complexity index is 570. The first-order valence-corrected chi connectivity index (χ1v) is 6.35. The van der Waals surface area contributed by atoms with Crippen molar-refractivity contribution in [2.45, 2.75) is 13.1 Å². The SMILES string of the molecule is CNCc1ccnc(N(C)Cc2ccc(F)cc2)c1F. The highest BCUT2D eigenvalue weighted by atomic mass is 19.1. The molecular formula is C15H17F2N3. The highest BCUT2D eigenvalue weighted by molar-refractivity contribution is 5.43. The zero-order valence-electron chi connectivity index (χ0n) is 11.5. The van der Waals surface area contributed by atoms with Gasteiger partial charge in [0.05, 0.1) is 0 Å². The average Bonchev–Trinajstić information content (AvgIpc) is 2.44. The molecule has 20 heavy (non-hydrogen) atoms. The first-order chi connectivity index (χ1) is 9.61. The van der Waals surface area contributed by atoms with Crippen LogP contribution in [0.4, 0.5) is 14.6 Å². The summed E-state index contributed by atoms with van der Waals surface area (Å²) in [4.78, 5) is 5.79. The molecule has 1 heterocycles. The van der Waals surface area contributed by atoms with Gasteiger partial charge in [0.2, 0.25) is 0 Å². The number of aromatic nitrogens is 1. The van der Waals surface area contributed by atoms with Gasteiger partial charge in [-0.15, -0.1) is 0 Å². The summed E-state index contributed by atoms with van der Waals surface area (Å²) in [6, 6.07) is 7.80. The van der Waals surface area contributed by atoms with Crippen molar-refractivity contribution in [3.8, 4) is 0 Å². The van der Waals surface area contributed by atoms with Crippen molar-refractivity contribution in [2.75, 3.05) is 19.0 Å². The Morgan fingerprint density at radius 3 is 2.50 bits per heavy atom. The molecule has 0 aliphatic rings. The molecule has 0 amide bonds. The molecule has 1 N–H and O–H groups in total. The molecule has 0 aliphatic heterocycles. The van der Waals surface area contributed by atoms with Crippen LogP contribution in [0.5, 0.6) is 0 Å². The van der Waals surface area contributed by atoms with E-state index in [1.165, 1.54) is 12.1 Å². The highest BCUT2D eigenvalue weighted by Gasteiger charge is 2.13.